The van der Waals surface area contributed by atoms with E-state index in [1.54, 1.807) is 6.07 Å². The molecule has 3 nitrogen and oxygen atoms in total. The molecule has 0 heterocycles. The van der Waals surface area contributed by atoms with Gasteiger partial charge in [0.2, 0.25) is 0 Å². The molecular weight excluding hydrogens is 211 g/mol. The Morgan fingerprint density at radius 2 is 2.19 bits per heavy atom. The van der Waals surface area contributed by atoms with Crippen LogP contribution in [-0.4, -0.2) is 25.4 Å². The zero-order valence-electron chi connectivity index (χ0n) is 9.57. The average molecular weight is 228 g/mol. The van der Waals surface area contributed by atoms with E-state index in [0.29, 0.717) is 12.2 Å². The molecule has 16 heavy (non-hydrogen) atoms. The third kappa shape index (κ3) is 3.47. The highest BCUT2D eigenvalue weighted by Gasteiger charge is 2.11. The molecule has 1 unspecified atom stereocenters. The SMILES string of the molecule is CCCOCC(O)c1ccc(OC)c(F)c1. The van der Waals surface area contributed by atoms with Crippen molar-refractivity contribution >= 4 is 0 Å². The molecule has 0 amide bonds. The van der Waals surface area contributed by atoms with E-state index in [0.717, 1.165) is 6.42 Å². The maximum Gasteiger partial charge on any atom is 0.165 e. The van der Waals surface area contributed by atoms with Gasteiger partial charge >= 0.3 is 0 Å². The fourth-order valence-electron chi connectivity index (χ4n) is 1.33. The molecule has 0 aliphatic carbocycles. The lowest BCUT2D eigenvalue weighted by atomic mass is 10.1. The average Bonchev–Trinajstić information content (AvgIpc) is 2.29. The molecule has 0 aliphatic heterocycles. The molecule has 90 valence electrons. The molecule has 1 aromatic rings. The van der Waals surface area contributed by atoms with Crippen LogP contribution in [0.1, 0.15) is 25.0 Å². The van der Waals surface area contributed by atoms with E-state index in [1.165, 1.54) is 19.2 Å². The number of halogens is 1. The first-order valence-electron chi connectivity index (χ1n) is 5.28. The third-order valence-electron chi connectivity index (χ3n) is 2.18. The van der Waals surface area contributed by atoms with Crippen LogP contribution in [0.15, 0.2) is 18.2 Å². The van der Waals surface area contributed by atoms with Crippen molar-refractivity contribution in [3.05, 3.63) is 29.6 Å². The van der Waals surface area contributed by atoms with Crippen LogP contribution in [0.3, 0.4) is 0 Å². The first-order chi connectivity index (χ1) is 7.69. The smallest absolute Gasteiger partial charge is 0.165 e. The highest BCUT2D eigenvalue weighted by atomic mass is 19.1. The Morgan fingerprint density at radius 3 is 2.75 bits per heavy atom. The summed E-state index contributed by atoms with van der Waals surface area (Å²) in [7, 11) is 1.40. The van der Waals surface area contributed by atoms with Crippen LogP contribution in [0.25, 0.3) is 0 Å². The van der Waals surface area contributed by atoms with Crippen LogP contribution in [0.2, 0.25) is 0 Å². The van der Waals surface area contributed by atoms with Crippen LogP contribution in [0.4, 0.5) is 4.39 Å². The Bertz CT molecular complexity index is 328. The van der Waals surface area contributed by atoms with Crippen LogP contribution in [0, 0.1) is 5.82 Å². The Kier molecular flexibility index (Phi) is 5.22. The summed E-state index contributed by atoms with van der Waals surface area (Å²) in [4.78, 5) is 0. The van der Waals surface area contributed by atoms with Crippen LogP contribution >= 0.6 is 0 Å². The van der Waals surface area contributed by atoms with Gasteiger partial charge in [-0.05, 0) is 24.1 Å². The van der Waals surface area contributed by atoms with Crippen molar-refractivity contribution in [2.45, 2.75) is 19.4 Å². The molecule has 1 atom stereocenters. The number of hydrogen-bond acceptors (Lipinski definition) is 3. The number of aliphatic hydroxyl groups is 1. The van der Waals surface area contributed by atoms with Gasteiger partial charge in [-0.15, -0.1) is 0 Å². The number of ether oxygens (including phenoxy) is 2. The van der Waals surface area contributed by atoms with Crippen molar-refractivity contribution in [1.82, 2.24) is 0 Å². The molecule has 0 aromatic heterocycles. The zero-order chi connectivity index (χ0) is 12.0. The van der Waals surface area contributed by atoms with Crippen LogP contribution < -0.4 is 4.74 Å². The molecule has 0 aliphatic rings. The molecule has 1 aromatic carbocycles. The van der Waals surface area contributed by atoms with Crippen molar-refractivity contribution in [2.75, 3.05) is 20.3 Å². The van der Waals surface area contributed by atoms with Crippen LogP contribution in [0.5, 0.6) is 5.75 Å². The van der Waals surface area contributed by atoms with Crippen molar-refractivity contribution < 1.29 is 19.0 Å². The van der Waals surface area contributed by atoms with Crippen molar-refractivity contribution in [3.63, 3.8) is 0 Å². The van der Waals surface area contributed by atoms with Gasteiger partial charge in [-0.25, -0.2) is 4.39 Å². The first-order valence-corrected chi connectivity index (χ1v) is 5.28. The second-order valence-electron chi connectivity index (χ2n) is 3.48. The number of hydrogen-bond donors (Lipinski definition) is 1. The second-order valence-corrected chi connectivity index (χ2v) is 3.48. The fourth-order valence-corrected chi connectivity index (χ4v) is 1.33. The summed E-state index contributed by atoms with van der Waals surface area (Å²) in [5.41, 5.74) is 0.495. The van der Waals surface area contributed by atoms with Gasteiger partial charge in [0.15, 0.2) is 11.6 Å². The van der Waals surface area contributed by atoms with Gasteiger partial charge in [-0.2, -0.15) is 0 Å². The van der Waals surface area contributed by atoms with Gasteiger partial charge in [-0.3, -0.25) is 0 Å². The van der Waals surface area contributed by atoms with Crippen molar-refractivity contribution in [1.29, 1.82) is 0 Å². The molecule has 0 saturated heterocycles. The molecule has 0 saturated carbocycles. The molecule has 0 spiro atoms. The second kappa shape index (κ2) is 6.45. The molecule has 0 fully saturated rings. The predicted octanol–water partition coefficient (Wildman–Crippen LogP) is 2.29. The first kappa shape index (κ1) is 12.9. The highest BCUT2D eigenvalue weighted by Crippen LogP contribution is 2.21. The number of benzene rings is 1. The zero-order valence-corrected chi connectivity index (χ0v) is 9.57. The number of rotatable bonds is 6. The van der Waals surface area contributed by atoms with Gasteiger partial charge in [0.25, 0.3) is 0 Å². The van der Waals surface area contributed by atoms with E-state index in [1.807, 2.05) is 6.92 Å². The van der Waals surface area contributed by atoms with Crippen molar-refractivity contribution in [3.8, 4) is 5.75 Å². The molecule has 4 heteroatoms. The molecule has 1 N–H and O–H groups in total. The Balaban J connectivity index is 2.62. The molecule has 0 radical (unpaired) electrons. The minimum atomic E-state index is -0.799. The normalized spacial score (nSPS) is 12.5. The summed E-state index contributed by atoms with van der Waals surface area (Å²) in [6, 6.07) is 4.38. The lowest BCUT2D eigenvalue weighted by Gasteiger charge is -2.12. The Morgan fingerprint density at radius 1 is 1.44 bits per heavy atom. The van der Waals surface area contributed by atoms with E-state index < -0.39 is 11.9 Å². The van der Waals surface area contributed by atoms with Crippen LogP contribution in [-0.2, 0) is 4.74 Å². The van der Waals surface area contributed by atoms with E-state index >= 15 is 0 Å². The Hall–Kier alpha value is -1.13. The third-order valence-corrected chi connectivity index (χ3v) is 2.18. The lowest BCUT2D eigenvalue weighted by molar-refractivity contribution is 0.0362. The number of methoxy groups -OCH3 is 1. The summed E-state index contributed by atoms with van der Waals surface area (Å²) in [6.07, 6.45) is 0.0934. The molecular formula is C12H17FO3. The van der Waals surface area contributed by atoms with E-state index in [2.05, 4.69) is 0 Å². The monoisotopic (exact) mass is 228 g/mol. The minimum absolute atomic E-state index is 0.172. The summed E-state index contributed by atoms with van der Waals surface area (Å²) in [5.74, 6) is -0.306. The Labute approximate surface area is 94.8 Å². The van der Waals surface area contributed by atoms with E-state index in [4.69, 9.17) is 9.47 Å². The molecule has 1 rings (SSSR count). The van der Waals surface area contributed by atoms with Gasteiger partial charge in [0.1, 0.15) is 6.10 Å². The van der Waals surface area contributed by atoms with Gasteiger partial charge < -0.3 is 14.6 Å². The summed E-state index contributed by atoms with van der Waals surface area (Å²) in [5, 5.41) is 9.70. The maximum atomic E-state index is 13.3. The summed E-state index contributed by atoms with van der Waals surface area (Å²) < 4.78 is 23.3. The minimum Gasteiger partial charge on any atom is -0.494 e. The van der Waals surface area contributed by atoms with Crippen molar-refractivity contribution in [2.24, 2.45) is 0 Å². The van der Waals surface area contributed by atoms with Gasteiger partial charge in [-0.1, -0.05) is 13.0 Å². The predicted molar refractivity (Wildman–Crippen MR) is 59.0 cm³/mol. The van der Waals surface area contributed by atoms with Gasteiger partial charge in [0, 0.05) is 6.61 Å². The van der Waals surface area contributed by atoms with E-state index in [-0.39, 0.29) is 12.4 Å². The largest absolute Gasteiger partial charge is 0.494 e. The maximum absolute atomic E-state index is 13.3. The standard InChI is InChI=1S/C12H17FO3/c1-3-6-16-8-11(14)9-4-5-12(15-2)10(13)7-9/h4-5,7,11,14H,3,6,8H2,1-2H3. The van der Waals surface area contributed by atoms with Gasteiger partial charge in [0.05, 0.1) is 13.7 Å². The number of aliphatic hydroxyl groups excluding tert-OH is 1. The topological polar surface area (TPSA) is 38.7 Å². The summed E-state index contributed by atoms with van der Waals surface area (Å²) >= 11 is 0. The van der Waals surface area contributed by atoms with E-state index in [9.17, 15) is 9.50 Å². The lowest BCUT2D eigenvalue weighted by Crippen LogP contribution is -2.08. The summed E-state index contributed by atoms with van der Waals surface area (Å²) in [6.45, 7) is 2.76. The fraction of sp³-hybridized carbons (Fsp3) is 0.500. The highest BCUT2D eigenvalue weighted by molar-refractivity contribution is 5.30. The quantitative estimate of drug-likeness (QED) is 0.759. The molecule has 0 bridgehead atoms.